The lowest BCUT2D eigenvalue weighted by Crippen LogP contribution is -2.25. The van der Waals surface area contributed by atoms with Crippen molar-refractivity contribution >= 4 is 34.8 Å². The van der Waals surface area contributed by atoms with Crippen LogP contribution in [0.25, 0.3) is 0 Å². The summed E-state index contributed by atoms with van der Waals surface area (Å²) in [6, 6.07) is 5.11. The summed E-state index contributed by atoms with van der Waals surface area (Å²) < 4.78 is 0. The smallest absolute Gasteiger partial charge is 0.261 e. The Morgan fingerprint density at radius 1 is 1.35 bits per heavy atom. The Morgan fingerprint density at radius 2 is 2.09 bits per heavy atom. The van der Waals surface area contributed by atoms with Crippen LogP contribution in [0.5, 0.6) is 0 Å². The molecule has 0 spiro atoms. The minimum absolute atomic E-state index is 0.198. The van der Waals surface area contributed by atoms with Crippen molar-refractivity contribution in [2.75, 3.05) is 23.4 Å². The molecule has 2 aromatic rings. The standard InChI is InChI=1S/C16H17ClN4O2/c1-4-21-14-11(7-10(8-18-14)9(2)22)16(23)20(3)12-5-6-13(17)19-15(12)21/h5-9,22H,4H2,1-3H3. The molecule has 2 aromatic heterocycles. The van der Waals surface area contributed by atoms with E-state index in [0.717, 1.165) is 0 Å². The maximum atomic E-state index is 12.8. The lowest BCUT2D eigenvalue weighted by Gasteiger charge is -2.23. The van der Waals surface area contributed by atoms with E-state index in [2.05, 4.69) is 9.97 Å². The first-order valence-electron chi connectivity index (χ1n) is 7.34. The third kappa shape index (κ3) is 2.54. The van der Waals surface area contributed by atoms with Gasteiger partial charge in [0.1, 0.15) is 11.0 Å². The average Bonchev–Trinajstić information content (AvgIpc) is 2.62. The van der Waals surface area contributed by atoms with Gasteiger partial charge in [-0.05, 0) is 37.6 Å². The first-order chi connectivity index (χ1) is 10.9. The number of aliphatic hydroxyl groups excluding tert-OH is 1. The fraction of sp³-hybridized carbons (Fsp3) is 0.312. The van der Waals surface area contributed by atoms with E-state index in [-0.39, 0.29) is 5.91 Å². The van der Waals surface area contributed by atoms with E-state index in [4.69, 9.17) is 11.6 Å². The van der Waals surface area contributed by atoms with Crippen LogP contribution in [0.1, 0.15) is 35.9 Å². The van der Waals surface area contributed by atoms with Crippen LogP contribution in [0.3, 0.4) is 0 Å². The summed E-state index contributed by atoms with van der Waals surface area (Å²) in [6.07, 6.45) is 0.883. The molecule has 3 rings (SSSR count). The number of pyridine rings is 2. The second-order valence-electron chi connectivity index (χ2n) is 5.40. The maximum Gasteiger partial charge on any atom is 0.261 e. The van der Waals surface area contributed by atoms with Crippen molar-refractivity contribution in [2.24, 2.45) is 0 Å². The van der Waals surface area contributed by atoms with Gasteiger partial charge in [-0.3, -0.25) is 4.79 Å². The number of rotatable bonds is 2. The van der Waals surface area contributed by atoms with Crippen molar-refractivity contribution < 1.29 is 9.90 Å². The van der Waals surface area contributed by atoms with Gasteiger partial charge in [0.05, 0.1) is 17.4 Å². The molecular weight excluding hydrogens is 316 g/mol. The Labute approximate surface area is 139 Å². The molecule has 6 nitrogen and oxygen atoms in total. The lowest BCUT2D eigenvalue weighted by atomic mass is 10.1. The van der Waals surface area contributed by atoms with E-state index >= 15 is 0 Å². The Balaban J connectivity index is 2.28. The quantitative estimate of drug-likeness (QED) is 0.856. The second-order valence-corrected chi connectivity index (χ2v) is 5.79. The van der Waals surface area contributed by atoms with E-state index in [1.165, 1.54) is 4.90 Å². The minimum Gasteiger partial charge on any atom is -0.389 e. The van der Waals surface area contributed by atoms with Crippen LogP contribution in [-0.2, 0) is 0 Å². The zero-order valence-electron chi connectivity index (χ0n) is 13.1. The van der Waals surface area contributed by atoms with Gasteiger partial charge in [-0.1, -0.05) is 11.6 Å². The fourth-order valence-electron chi connectivity index (χ4n) is 2.64. The molecule has 120 valence electrons. The molecule has 1 aliphatic rings. The van der Waals surface area contributed by atoms with Crippen molar-refractivity contribution in [2.45, 2.75) is 20.0 Å². The first-order valence-corrected chi connectivity index (χ1v) is 7.72. The molecule has 3 heterocycles. The summed E-state index contributed by atoms with van der Waals surface area (Å²) in [6.45, 7) is 4.17. The van der Waals surface area contributed by atoms with Crippen LogP contribution >= 0.6 is 11.6 Å². The van der Waals surface area contributed by atoms with Crippen LogP contribution in [0.4, 0.5) is 17.3 Å². The molecule has 0 aliphatic carbocycles. The third-order valence-corrected chi connectivity index (χ3v) is 4.13. The average molecular weight is 333 g/mol. The van der Waals surface area contributed by atoms with Crippen molar-refractivity contribution in [3.63, 3.8) is 0 Å². The number of carbonyl (C=O) groups excluding carboxylic acids is 1. The molecule has 23 heavy (non-hydrogen) atoms. The van der Waals surface area contributed by atoms with E-state index in [0.29, 0.717) is 40.1 Å². The van der Waals surface area contributed by atoms with Crippen LogP contribution in [0.15, 0.2) is 24.4 Å². The van der Waals surface area contributed by atoms with Gasteiger partial charge in [0, 0.05) is 19.8 Å². The maximum absolute atomic E-state index is 12.8. The number of aliphatic hydroxyl groups is 1. The normalized spacial score (nSPS) is 15.1. The number of anilines is 3. The summed E-state index contributed by atoms with van der Waals surface area (Å²) in [7, 11) is 1.69. The topological polar surface area (TPSA) is 69.6 Å². The highest BCUT2D eigenvalue weighted by Crippen LogP contribution is 2.38. The molecule has 0 radical (unpaired) electrons. The summed E-state index contributed by atoms with van der Waals surface area (Å²) in [5.74, 6) is 0.908. The Bertz CT molecular complexity index is 779. The van der Waals surface area contributed by atoms with Crippen LogP contribution in [0.2, 0.25) is 5.15 Å². The summed E-state index contributed by atoms with van der Waals surface area (Å²) in [5.41, 5.74) is 1.69. The van der Waals surface area contributed by atoms with E-state index in [1.54, 1.807) is 38.4 Å². The molecule has 0 saturated heterocycles. The molecule has 0 fully saturated rings. The lowest BCUT2D eigenvalue weighted by molar-refractivity contribution is 0.0993. The SMILES string of the molecule is CCN1c2ncc(C(C)O)cc2C(=O)N(C)c2ccc(Cl)nc21. The molecule has 0 bridgehead atoms. The zero-order chi connectivity index (χ0) is 16.7. The predicted molar refractivity (Wildman–Crippen MR) is 89.5 cm³/mol. The number of halogens is 1. The van der Waals surface area contributed by atoms with Gasteiger partial charge in [-0.25, -0.2) is 9.97 Å². The van der Waals surface area contributed by atoms with Crippen molar-refractivity contribution in [3.05, 3.63) is 40.7 Å². The van der Waals surface area contributed by atoms with Gasteiger partial charge in [0.25, 0.3) is 5.91 Å². The largest absolute Gasteiger partial charge is 0.389 e. The highest BCUT2D eigenvalue weighted by molar-refractivity contribution is 6.29. The van der Waals surface area contributed by atoms with Gasteiger partial charge in [-0.15, -0.1) is 0 Å². The van der Waals surface area contributed by atoms with Gasteiger partial charge >= 0.3 is 0 Å². The monoisotopic (exact) mass is 332 g/mol. The molecular formula is C16H17ClN4O2. The molecule has 0 aromatic carbocycles. The van der Waals surface area contributed by atoms with E-state index < -0.39 is 6.10 Å². The van der Waals surface area contributed by atoms with Gasteiger partial charge in [-0.2, -0.15) is 0 Å². The third-order valence-electron chi connectivity index (χ3n) is 3.91. The van der Waals surface area contributed by atoms with Crippen molar-refractivity contribution in [3.8, 4) is 0 Å². The molecule has 7 heteroatoms. The van der Waals surface area contributed by atoms with Crippen molar-refractivity contribution in [1.29, 1.82) is 0 Å². The molecule has 1 amide bonds. The second kappa shape index (κ2) is 5.79. The minimum atomic E-state index is -0.695. The number of amides is 1. The highest BCUT2D eigenvalue weighted by atomic mass is 35.5. The number of carbonyl (C=O) groups is 1. The number of nitrogens with zero attached hydrogens (tertiary/aromatic N) is 4. The summed E-state index contributed by atoms with van der Waals surface area (Å²) >= 11 is 6.04. The van der Waals surface area contributed by atoms with Gasteiger partial charge in [0.15, 0.2) is 5.82 Å². The molecule has 0 saturated carbocycles. The predicted octanol–water partition coefficient (Wildman–Crippen LogP) is 2.93. The first kappa shape index (κ1) is 15.7. The summed E-state index contributed by atoms with van der Waals surface area (Å²) in [5, 5.41) is 10.1. The summed E-state index contributed by atoms with van der Waals surface area (Å²) in [4.78, 5) is 25.0. The molecule has 1 atom stereocenters. The molecule has 1 aliphatic heterocycles. The molecule has 1 unspecified atom stereocenters. The van der Waals surface area contributed by atoms with Crippen LogP contribution in [0, 0.1) is 0 Å². The Hall–Kier alpha value is -2.18. The van der Waals surface area contributed by atoms with E-state index in [9.17, 15) is 9.90 Å². The number of aromatic nitrogens is 2. The van der Waals surface area contributed by atoms with Crippen LogP contribution in [-0.4, -0.2) is 34.6 Å². The Kier molecular flexibility index (Phi) is 3.95. The molecule has 1 N–H and O–H groups in total. The van der Waals surface area contributed by atoms with Crippen molar-refractivity contribution in [1.82, 2.24) is 9.97 Å². The number of hydrogen-bond acceptors (Lipinski definition) is 5. The number of hydrogen-bond donors (Lipinski definition) is 1. The fourth-order valence-corrected chi connectivity index (χ4v) is 2.79. The van der Waals surface area contributed by atoms with Gasteiger partial charge in [0.2, 0.25) is 0 Å². The van der Waals surface area contributed by atoms with Gasteiger partial charge < -0.3 is 14.9 Å². The highest BCUT2D eigenvalue weighted by Gasteiger charge is 2.31. The number of fused-ring (bicyclic) bond motifs is 2. The van der Waals surface area contributed by atoms with Crippen LogP contribution < -0.4 is 9.80 Å². The van der Waals surface area contributed by atoms with E-state index in [1.807, 2.05) is 11.8 Å². The Morgan fingerprint density at radius 3 is 2.74 bits per heavy atom. The zero-order valence-corrected chi connectivity index (χ0v) is 13.9.